The summed E-state index contributed by atoms with van der Waals surface area (Å²) in [4.78, 5) is 2.32. The van der Waals surface area contributed by atoms with Gasteiger partial charge < -0.3 is 27.8 Å². The van der Waals surface area contributed by atoms with Crippen LogP contribution >= 0.6 is 0 Å². The maximum atomic E-state index is 6.08. The molecule has 8 N–H and O–H groups in total. The Balaban J connectivity index is 0. The molecule has 1 aliphatic carbocycles. The third kappa shape index (κ3) is 6.86. The minimum Gasteiger partial charge on any atom is -0.370 e. The third-order valence-electron chi connectivity index (χ3n) is 3.19. The van der Waals surface area contributed by atoms with Crippen molar-refractivity contribution in [3.63, 3.8) is 0 Å². The molecule has 5 heteroatoms. The Hall–Kier alpha value is -1.14. The number of para-hydroxylation sites is 1. The Bertz CT molecular complexity index is 292. The van der Waals surface area contributed by atoms with E-state index in [2.05, 4.69) is 53.4 Å². The molecule has 2 unspecified atom stereocenters. The summed E-state index contributed by atoms with van der Waals surface area (Å²) in [5.41, 5.74) is 20.8. The van der Waals surface area contributed by atoms with Crippen LogP contribution in [0.2, 0.25) is 0 Å². The summed E-state index contributed by atoms with van der Waals surface area (Å²) in [5.74, 6) is 0. The smallest absolute Gasteiger partial charge is 0.0437 e. The predicted octanol–water partition coefficient (Wildman–Crippen LogP) is 0.727. The number of rotatable bonds is 2. The summed E-state index contributed by atoms with van der Waals surface area (Å²) in [5, 5.41) is 0. The third-order valence-corrected chi connectivity index (χ3v) is 3.19. The van der Waals surface area contributed by atoms with Crippen molar-refractivity contribution in [1.29, 1.82) is 0 Å². The maximum absolute atomic E-state index is 6.08. The number of hydrogen-bond donors (Lipinski definition) is 4. The highest BCUT2D eigenvalue weighted by Gasteiger charge is 2.27. The molecule has 0 bridgehead atoms. The molecular weight excluding hydrogens is 250 g/mol. The van der Waals surface area contributed by atoms with E-state index in [0.717, 1.165) is 0 Å². The Morgan fingerprint density at radius 2 is 1.40 bits per heavy atom. The molecular formula is C15H33N5. The van der Waals surface area contributed by atoms with Crippen LogP contribution in [0.1, 0.15) is 19.3 Å². The van der Waals surface area contributed by atoms with Crippen molar-refractivity contribution >= 4 is 5.69 Å². The van der Waals surface area contributed by atoms with Crippen molar-refractivity contribution in [3.8, 4) is 0 Å². The minimum atomic E-state index is 0.347. The quantitative estimate of drug-likeness (QED) is 0.640. The predicted molar refractivity (Wildman–Crippen MR) is 90.8 cm³/mol. The van der Waals surface area contributed by atoms with Gasteiger partial charge in [0.2, 0.25) is 0 Å². The Morgan fingerprint density at radius 1 is 0.900 bits per heavy atom. The number of benzene rings is 1. The van der Waals surface area contributed by atoms with Gasteiger partial charge in [-0.15, -0.1) is 0 Å². The van der Waals surface area contributed by atoms with Crippen molar-refractivity contribution in [2.45, 2.75) is 31.3 Å². The highest BCUT2D eigenvalue weighted by molar-refractivity contribution is 5.46. The van der Waals surface area contributed by atoms with Gasteiger partial charge in [-0.25, -0.2) is 0 Å². The van der Waals surface area contributed by atoms with Gasteiger partial charge in [0.25, 0.3) is 0 Å². The molecule has 0 aromatic heterocycles. The van der Waals surface area contributed by atoms with Gasteiger partial charge in [-0.05, 0) is 52.5 Å². The van der Waals surface area contributed by atoms with E-state index >= 15 is 0 Å². The molecule has 0 saturated heterocycles. The van der Waals surface area contributed by atoms with E-state index in [1.54, 1.807) is 0 Å². The van der Waals surface area contributed by atoms with Gasteiger partial charge in [-0.3, -0.25) is 0 Å². The van der Waals surface area contributed by atoms with E-state index < -0.39 is 0 Å². The fraction of sp³-hybridized carbons (Fsp3) is 0.600. The molecule has 118 valence electrons. The second-order valence-corrected chi connectivity index (χ2v) is 4.11. The number of nitrogens with two attached hydrogens (primary N) is 4. The molecule has 0 amide bonds. The molecule has 0 radical (unpaired) electrons. The molecule has 1 aliphatic rings. The Labute approximate surface area is 124 Å². The zero-order valence-electron chi connectivity index (χ0n) is 13.4. The van der Waals surface area contributed by atoms with Crippen molar-refractivity contribution in [2.75, 3.05) is 33.1 Å². The van der Waals surface area contributed by atoms with Gasteiger partial charge in [0, 0.05) is 24.8 Å². The van der Waals surface area contributed by atoms with Crippen LogP contribution in [0.15, 0.2) is 30.3 Å². The standard InChI is InChI=1S/C12H18N2.3CH5N/c1-14(10-6-3-2-4-7-10)12-9-5-8-11(12)13;3*1-2/h2-4,6-7,11-12H,5,8-9,13H2,1H3;3*2H2,1H3. The lowest BCUT2D eigenvalue weighted by molar-refractivity contribution is 0.573. The monoisotopic (exact) mass is 283 g/mol. The highest BCUT2D eigenvalue weighted by Crippen LogP contribution is 2.25. The van der Waals surface area contributed by atoms with Crippen LogP contribution in [0.4, 0.5) is 5.69 Å². The van der Waals surface area contributed by atoms with Gasteiger partial charge in [-0.2, -0.15) is 0 Å². The molecule has 2 atom stereocenters. The van der Waals surface area contributed by atoms with Crippen LogP contribution < -0.4 is 27.8 Å². The molecule has 1 aromatic carbocycles. The minimum absolute atomic E-state index is 0.347. The average Bonchev–Trinajstić information content (AvgIpc) is 2.99. The molecule has 2 rings (SSSR count). The first-order valence-corrected chi connectivity index (χ1v) is 7.05. The van der Waals surface area contributed by atoms with E-state index in [1.165, 1.54) is 46.1 Å². The van der Waals surface area contributed by atoms with Crippen LogP contribution in [0.25, 0.3) is 0 Å². The molecule has 1 fully saturated rings. The number of nitrogens with zero attached hydrogens (tertiary/aromatic N) is 1. The molecule has 1 saturated carbocycles. The van der Waals surface area contributed by atoms with E-state index in [0.29, 0.717) is 12.1 Å². The average molecular weight is 283 g/mol. The number of anilines is 1. The molecule has 5 nitrogen and oxygen atoms in total. The summed E-state index contributed by atoms with van der Waals surface area (Å²) in [6.07, 6.45) is 3.66. The summed E-state index contributed by atoms with van der Waals surface area (Å²) in [6.45, 7) is 0. The van der Waals surface area contributed by atoms with E-state index in [9.17, 15) is 0 Å². The summed E-state index contributed by atoms with van der Waals surface area (Å²) in [6, 6.07) is 11.4. The molecule has 0 heterocycles. The van der Waals surface area contributed by atoms with Crippen LogP contribution in [0.3, 0.4) is 0 Å². The lowest BCUT2D eigenvalue weighted by Crippen LogP contribution is -2.42. The van der Waals surface area contributed by atoms with Gasteiger partial charge in [0.05, 0.1) is 0 Å². The lowest BCUT2D eigenvalue weighted by Gasteiger charge is -2.29. The molecule has 0 aliphatic heterocycles. The van der Waals surface area contributed by atoms with E-state index in [-0.39, 0.29) is 0 Å². The SMILES string of the molecule is CN.CN.CN.CN(c1ccccc1)C1CCCC1N. The fourth-order valence-corrected chi connectivity index (χ4v) is 2.30. The first-order chi connectivity index (χ1) is 9.79. The van der Waals surface area contributed by atoms with Gasteiger partial charge in [0.15, 0.2) is 0 Å². The normalized spacial score (nSPS) is 19.4. The zero-order valence-corrected chi connectivity index (χ0v) is 13.4. The van der Waals surface area contributed by atoms with E-state index in [1.807, 2.05) is 6.07 Å². The van der Waals surface area contributed by atoms with Crippen LogP contribution in [-0.4, -0.2) is 40.3 Å². The molecule has 20 heavy (non-hydrogen) atoms. The van der Waals surface area contributed by atoms with Crippen LogP contribution in [-0.2, 0) is 0 Å². The van der Waals surface area contributed by atoms with Crippen molar-refractivity contribution in [1.82, 2.24) is 0 Å². The topological polar surface area (TPSA) is 107 Å². The van der Waals surface area contributed by atoms with Gasteiger partial charge >= 0.3 is 0 Å². The first-order valence-electron chi connectivity index (χ1n) is 7.05. The summed E-state index contributed by atoms with van der Waals surface area (Å²) >= 11 is 0. The van der Waals surface area contributed by atoms with Crippen LogP contribution in [0, 0.1) is 0 Å². The fourth-order valence-electron chi connectivity index (χ4n) is 2.30. The van der Waals surface area contributed by atoms with Crippen molar-refractivity contribution in [2.24, 2.45) is 22.9 Å². The first kappa shape index (κ1) is 21.2. The largest absolute Gasteiger partial charge is 0.370 e. The summed E-state index contributed by atoms with van der Waals surface area (Å²) < 4.78 is 0. The van der Waals surface area contributed by atoms with Crippen molar-refractivity contribution < 1.29 is 0 Å². The highest BCUT2D eigenvalue weighted by atomic mass is 15.2. The van der Waals surface area contributed by atoms with E-state index in [4.69, 9.17) is 5.73 Å². The van der Waals surface area contributed by atoms with Crippen LogP contribution in [0.5, 0.6) is 0 Å². The Morgan fingerprint density at radius 3 is 1.80 bits per heavy atom. The molecule has 0 spiro atoms. The second kappa shape index (κ2) is 14.3. The number of likely N-dealkylation sites (N-methyl/N-ethyl adjacent to an activating group) is 1. The number of hydrogen-bond acceptors (Lipinski definition) is 5. The van der Waals surface area contributed by atoms with Gasteiger partial charge in [0.1, 0.15) is 0 Å². The second-order valence-electron chi connectivity index (χ2n) is 4.11. The Kier molecular flexibility index (Phi) is 15.1. The zero-order chi connectivity index (χ0) is 16.0. The van der Waals surface area contributed by atoms with Gasteiger partial charge in [-0.1, -0.05) is 18.2 Å². The van der Waals surface area contributed by atoms with Crippen molar-refractivity contribution in [3.05, 3.63) is 30.3 Å². The maximum Gasteiger partial charge on any atom is 0.0437 e. The molecule has 1 aromatic rings. The summed E-state index contributed by atoms with van der Waals surface area (Å²) in [7, 11) is 6.64. The lowest BCUT2D eigenvalue weighted by atomic mass is 10.1.